The number of hydrogen-bond donors (Lipinski definition) is 1. The van der Waals surface area contributed by atoms with Crippen molar-refractivity contribution in [3.63, 3.8) is 0 Å². The summed E-state index contributed by atoms with van der Waals surface area (Å²) in [5, 5.41) is 0. The molecular formula is C24H24N4O4. The molecule has 8 nitrogen and oxygen atoms in total. The van der Waals surface area contributed by atoms with Gasteiger partial charge in [0.1, 0.15) is 29.3 Å². The summed E-state index contributed by atoms with van der Waals surface area (Å²) in [6.07, 6.45) is 1.78. The van der Waals surface area contributed by atoms with Crippen LogP contribution in [-0.4, -0.2) is 46.9 Å². The van der Waals surface area contributed by atoms with Crippen LogP contribution >= 0.6 is 0 Å². The van der Waals surface area contributed by atoms with Crippen LogP contribution in [0.3, 0.4) is 0 Å². The highest BCUT2D eigenvalue weighted by molar-refractivity contribution is 6.08. The lowest BCUT2D eigenvalue weighted by Gasteiger charge is -2.12. The minimum Gasteiger partial charge on any atom is -0.496 e. The van der Waals surface area contributed by atoms with E-state index in [9.17, 15) is 4.79 Å². The molecule has 1 aliphatic rings. The molecule has 5 rings (SSSR count). The summed E-state index contributed by atoms with van der Waals surface area (Å²) < 4.78 is 18.4. The first kappa shape index (κ1) is 20.3. The minimum atomic E-state index is -0.522. The molecule has 0 unspecified atom stereocenters. The van der Waals surface area contributed by atoms with E-state index in [1.165, 1.54) is 0 Å². The molecule has 1 atom stereocenters. The first-order valence-electron chi connectivity index (χ1n) is 10.6. The molecule has 0 amide bonds. The minimum absolute atomic E-state index is 0.0750. The summed E-state index contributed by atoms with van der Waals surface area (Å²) in [6, 6.07) is 15.2. The third kappa shape index (κ3) is 3.62. The van der Waals surface area contributed by atoms with Gasteiger partial charge >= 0.3 is 5.97 Å². The van der Waals surface area contributed by atoms with Crippen molar-refractivity contribution in [3.8, 4) is 5.75 Å². The Hall–Kier alpha value is -3.65. The van der Waals surface area contributed by atoms with E-state index in [0.717, 1.165) is 29.7 Å². The van der Waals surface area contributed by atoms with Gasteiger partial charge in [0.2, 0.25) is 0 Å². The maximum absolute atomic E-state index is 13.1. The van der Waals surface area contributed by atoms with Crippen molar-refractivity contribution >= 4 is 34.0 Å². The van der Waals surface area contributed by atoms with Crippen molar-refractivity contribution in [2.75, 3.05) is 26.1 Å². The number of nitrogens with zero attached hydrogens (tertiary/aromatic N) is 3. The van der Waals surface area contributed by atoms with E-state index < -0.39 is 5.97 Å². The highest BCUT2D eigenvalue weighted by Crippen LogP contribution is 2.31. The fraction of sp³-hybridized carbons (Fsp3) is 0.292. The third-order valence-electron chi connectivity index (χ3n) is 5.74. The number of aromatic nitrogens is 3. The quantitative estimate of drug-likeness (QED) is 0.465. The third-order valence-corrected chi connectivity index (χ3v) is 5.74. The van der Waals surface area contributed by atoms with Gasteiger partial charge in [-0.1, -0.05) is 30.3 Å². The molecule has 2 N–H and O–H groups in total. The van der Waals surface area contributed by atoms with Gasteiger partial charge in [-0.15, -0.1) is 0 Å². The van der Waals surface area contributed by atoms with Crippen LogP contribution in [0.1, 0.15) is 28.8 Å². The van der Waals surface area contributed by atoms with Crippen LogP contribution in [0.15, 0.2) is 48.5 Å². The highest BCUT2D eigenvalue weighted by atomic mass is 16.6. The van der Waals surface area contributed by atoms with E-state index in [1.807, 2.05) is 48.5 Å². The monoisotopic (exact) mass is 432 g/mol. The Morgan fingerprint density at radius 2 is 1.91 bits per heavy atom. The second kappa shape index (κ2) is 8.47. The zero-order chi connectivity index (χ0) is 22.1. The fourth-order valence-electron chi connectivity index (χ4n) is 4.10. The molecule has 0 bridgehead atoms. The van der Waals surface area contributed by atoms with Gasteiger partial charge < -0.3 is 24.5 Å². The molecule has 1 aliphatic heterocycles. The maximum atomic E-state index is 13.1. The number of hydrogen-bond acceptors (Lipinski definition) is 7. The maximum Gasteiger partial charge on any atom is 0.344 e. The zero-order valence-electron chi connectivity index (χ0n) is 17.8. The Kier molecular flexibility index (Phi) is 5.36. The van der Waals surface area contributed by atoms with Crippen LogP contribution in [0.5, 0.6) is 5.75 Å². The Labute approximate surface area is 184 Å². The highest BCUT2D eigenvalue weighted by Gasteiger charge is 2.27. The van der Waals surface area contributed by atoms with Gasteiger partial charge in [-0.25, -0.2) is 14.8 Å². The van der Waals surface area contributed by atoms with Crippen molar-refractivity contribution < 1.29 is 19.0 Å². The van der Waals surface area contributed by atoms with E-state index >= 15 is 0 Å². The van der Waals surface area contributed by atoms with Crippen LogP contribution in [0.25, 0.3) is 22.2 Å². The number of anilines is 1. The van der Waals surface area contributed by atoms with E-state index in [4.69, 9.17) is 29.9 Å². The lowest BCUT2D eigenvalue weighted by molar-refractivity contribution is 0.0163. The number of nitrogen functional groups attached to an aromatic ring is 1. The Morgan fingerprint density at radius 1 is 1.16 bits per heavy atom. The van der Waals surface area contributed by atoms with Gasteiger partial charge in [0.25, 0.3) is 0 Å². The molecule has 2 aromatic carbocycles. The van der Waals surface area contributed by atoms with E-state index in [2.05, 4.69) is 0 Å². The summed E-state index contributed by atoms with van der Waals surface area (Å²) in [5.41, 5.74) is 10.0. The summed E-state index contributed by atoms with van der Waals surface area (Å²) in [6.45, 7) is 1.26. The van der Waals surface area contributed by atoms with Crippen molar-refractivity contribution in [2.24, 2.45) is 0 Å². The molecule has 3 heterocycles. The molecule has 2 aromatic heterocycles. The zero-order valence-corrected chi connectivity index (χ0v) is 17.8. The van der Waals surface area contributed by atoms with Crippen molar-refractivity contribution in [1.29, 1.82) is 0 Å². The summed E-state index contributed by atoms with van der Waals surface area (Å²) in [7, 11) is 1.62. The smallest absolute Gasteiger partial charge is 0.344 e. The standard InChI is InChI=1S/C24H24N4O4/c1-30-19-11-5-2-7-15(19)13-28-22(25)20(24(29)32-14-16-8-6-12-31-16)21-23(28)27-18-10-4-3-9-17(18)26-21/h2-5,7,9-11,16H,6,8,12-14,25H2,1H3/t16-/m1/s1. The average molecular weight is 432 g/mol. The second-order valence-corrected chi connectivity index (χ2v) is 7.78. The number of carbonyl (C=O) groups excluding carboxylic acids is 1. The largest absolute Gasteiger partial charge is 0.496 e. The first-order chi connectivity index (χ1) is 15.7. The van der Waals surface area contributed by atoms with Crippen molar-refractivity contribution in [1.82, 2.24) is 14.5 Å². The van der Waals surface area contributed by atoms with Crippen molar-refractivity contribution in [3.05, 3.63) is 59.7 Å². The second-order valence-electron chi connectivity index (χ2n) is 7.78. The van der Waals surface area contributed by atoms with Crippen LogP contribution < -0.4 is 10.5 Å². The number of esters is 1. The van der Waals surface area contributed by atoms with Gasteiger partial charge in [-0.05, 0) is 31.0 Å². The molecule has 0 spiro atoms. The number of benzene rings is 2. The van der Waals surface area contributed by atoms with Crippen molar-refractivity contribution in [2.45, 2.75) is 25.5 Å². The molecule has 1 fully saturated rings. The van der Waals surface area contributed by atoms with Gasteiger partial charge in [0, 0.05) is 12.2 Å². The van der Waals surface area contributed by atoms with Gasteiger partial charge in [0.15, 0.2) is 5.65 Å². The molecule has 0 saturated carbocycles. The number of carbonyl (C=O) groups is 1. The number of fused-ring (bicyclic) bond motifs is 2. The lowest BCUT2D eigenvalue weighted by atomic mass is 10.2. The Bertz CT molecular complexity index is 1290. The van der Waals surface area contributed by atoms with Gasteiger partial charge in [-0.2, -0.15) is 0 Å². The normalized spacial score (nSPS) is 16.0. The Balaban J connectivity index is 1.61. The van der Waals surface area contributed by atoms with E-state index in [0.29, 0.717) is 29.8 Å². The predicted molar refractivity (Wildman–Crippen MR) is 121 cm³/mol. The van der Waals surface area contributed by atoms with Gasteiger partial charge in [0.05, 0.1) is 30.8 Å². The van der Waals surface area contributed by atoms with Crippen LogP contribution in [0.2, 0.25) is 0 Å². The van der Waals surface area contributed by atoms with Gasteiger partial charge in [-0.3, -0.25) is 0 Å². The molecule has 0 radical (unpaired) electrons. The summed E-state index contributed by atoms with van der Waals surface area (Å²) >= 11 is 0. The molecule has 4 aromatic rings. The number of methoxy groups -OCH3 is 1. The molecule has 0 aliphatic carbocycles. The summed E-state index contributed by atoms with van der Waals surface area (Å²) in [4.78, 5) is 22.6. The average Bonchev–Trinajstić information content (AvgIpc) is 3.43. The lowest BCUT2D eigenvalue weighted by Crippen LogP contribution is -2.18. The summed E-state index contributed by atoms with van der Waals surface area (Å²) in [5.74, 6) is 0.468. The van der Waals surface area contributed by atoms with Crippen LogP contribution in [0.4, 0.5) is 5.82 Å². The molecule has 1 saturated heterocycles. The fourth-order valence-corrected chi connectivity index (χ4v) is 4.10. The molecule has 164 valence electrons. The van der Waals surface area contributed by atoms with Crippen LogP contribution in [-0.2, 0) is 16.0 Å². The number of ether oxygens (including phenoxy) is 3. The SMILES string of the molecule is COc1ccccc1Cn1c(N)c(C(=O)OC[C@H]2CCCO2)c2nc3ccccc3nc21. The van der Waals surface area contributed by atoms with E-state index in [-0.39, 0.29) is 24.1 Å². The predicted octanol–water partition coefficient (Wildman–Crippen LogP) is 3.56. The number of rotatable bonds is 6. The van der Waals surface area contributed by atoms with Crippen LogP contribution in [0, 0.1) is 0 Å². The molecular weight excluding hydrogens is 408 g/mol. The molecule has 8 heteroatoms. The number of nitrogens with two attached hydrogens (primary N) is 1. The Morgan fingerprint density at radius 3 is 2.66 bits per heavy atom. The molecule has 32 heavy (non-hydrogen) atoms. The first-order valence-corrected chi connectivity index (χ1v) is 10.6. The number of para-hydroxylation sites is 3. The van der Waals surface area contributed by atoms with E-state index in [1.54, 1.807) is 11.7 Å². The topological polar surface area (TPSA) is 101 Å².